The highest BCUT2D eigenvalue weighted by Crippen LogP contribution is 2.23. The van der Waals surface area contributed by atoms with Gasteiger partial charge in [0.05, 0.1) is 7.11 Å². The molecule has 1 N–H and O–H groups in total. The number of aliphatic carboxylic acids is 1. The summed E-state index contributed by atoms with van der Waals surface area (Å²) in [6.45, 7) is 0. The van der Waals surface area contributed by atoms with Gasteiger partial charge in [0.15, 0.2) is 5.82 Å². The summed E-state index contributed by atoms with van der Waals surface area (Å²) in [5, 5.41) is 9.45. The first-order valence-corrected chi connectivity index (χ1v) is 7.97. The number of amides is 1. The largest absolute Gasteiger partial charge is 0.480 e. The van der Waals surface area contributed by atoms with Crippen molar-refractivity contribution in [3.05, 3.63) is 42.7 Å². The smallest absolute Gasteiger partial charge is 0.326 e. The zero-order valence-electron chi connectivity index (χ0n) is 14.2. The summed E-state index contributed by atoms with van der Waals surface area (Å²) in [6.07, 6.45) is 4.24. The molecule has 0 aliphatic rings. The molecular formula is C18H19N3O5. The minimum Gasteiger partial charge on any atom is -0.480 e. The maximum atomic E-state index is 11.6. The molecule has 1 amide bonds. The molecule has 0 fully saturated rings. The number of ether oxygens (including phenoxy) is 1. The van der Waals surface area contributed by atoms with Crippen LogP contribution in [0.4, 0.5) is 5.69 Å². The van der Waals surface area contributed by atoms with Crippen LogP contribution in [0.1, 0.15) is 19.3 Å². The predicted octanol–water partition coefficient (Wildman–Crippen LogP) is 1.90. The molecule has 8 nitrogen and oxygen atoms in total. The highest BCUT2D eigenvalue weighted by molar-refractivity contribution is 5.88. The van der Waals surface area contributed by atoms with Crippen LogP contribution >= 0.6 is 0 Å². The summed E-state index contributed by atoms with van der Waals surface area (Å²) in [7, 11) is 1.27. The van der Waals surface area contributed by atoms with Gasteiger partial charge < -0.3 is 14.7 Å². The third-order valence-corrected chi connectivity index (χ3v) is 3.81. The fraction of sp³-hybridized carbons (Fsp3) is 0.278. The second-order valence-corrected chi connectivity index (χ2v) is 5.45. The summed E-state index contributed by atoms with van der Waals surface area (Å²) in [5.74, 6) is -1.03. The molecular weight excluding hydrogens is 338 g/mol. The van der Waals surface area contributed by atoms with E-state index >= 15 is 0 Å². The molecule has 0 bridgehead atoms. The molecule has 0 aliphatic heterocycles. The van der Waals surface area contributed by atoms with Gasteiger partial charge >= 0.3 is 11.9 Å². The van der Waals surface area contributed by atoms with E-state index in [-0.39, 0.29) is 12.8 Å². The number of benzene rings is 1. The van der Waals surface area contributed by atoms with Gasteiger partial charge in [0, 0.05) is 30.1 Å². The second-order valence-electron chi connectivity index (χ2n) is 5.45. The van der Waals surface area contributed by atoms with Crippen molar-refractivity contribution in [1.29, 1.82) is 0 Å². The highest BCUT2D eigenvalue weighted by atomic mass is 16.5. The van der Waals surface area contributed by atoms with Gasteiger partial charge in [-0.05, 0) is 43.2 Å². The van der Waals surface area contributed by atoms with E-state index in [9.17, 15) is 19.5 Å². The van der Waals surface area contributed by atoms with Gasteiger partial charge in [-0.15, -0.1) is 0 Å². The van der Waals surface area contributed by atoms with E-state index in [4.69, 9.17) is 0 Å². The molecule has 1 heterocycles. The van der Waals surface area contributed by atoms with Crippen LogP contribution < -0.4 is 4.90 Å². The Morgan fingerprint density at radius 3 is 2.42 bits per heavy atom. The average Bonchev–Trinajstić information content (AvgIpc) is 2.68. The van der Waals surface area contributed by atoms with Crippen LogP contribution in [-0.4, -0.2) is 46.6 Å². The molecule has 8 heteroatoms. The lowest BCUT2D eigenvalue weighted by Gasteiger charge is -2.25. The van der Waals surface area contributed by atoms with Gasteiger partial charge in [-0.1, -0.05) is 0 Å². The van der Waals surface area contributed by atoms with Crippen LogP contribution in [0, 0.1) is 0 Å². The summed E-state index contributed by atoms with van der Waals surface area (Å²) >= 11 is 0. The van der Waals surface area contributed by atoms with Gasteiger partial charge in [0.25, 0.3) is 0 Å². The normalized spacial score (nSPS) is 11.4. The van der Waals surface area contributed by atoms with Gasteiger partial charge in [-0.25, -0.2) is 14.8 Å². The van der Waals surface area contributed by atoms with Crippen molar-refractivity contribution in [1.82, 2.24) is 9.97 Å². The molecule has 0 aliphatic carbocycles. The molecule has 1 aromatic carbocycles. The molecule has 136 valence electrons. The van der Waals surface area contributed by atoms with Crippen LogP contribution in [-0.2, 0) is 19.1 Å². The molecule has 2 aromatic rings. The molecule has 26 heavy (non-hydrogen) atoms. The summed E-state index contributed by atoms with van der Waals surface area (Å²) < 4.78 is 4.54. The number of hydrogen-bond acceptors (Lipinski definition) is 6. The quantitative estimate of drug-likeness (QED) is 0.539. The van der Waals surface area contributed by atoms with Crippen molar-refractivity contribution < 1.29 is 24.2 Å². The Bertz CT molecular complexity index is 749. The van der Waals surface area contributed by atoms with Gasteiger partial charge in [0.2, 0.25) is 6.41 Å². The minimum absolute atomic E-state index is 0.0945. The van der Waals surface area contributed by atoms with Crippen LogP contribution in [0.3, 0.4) is 0 Å². The lowest BCUT2D eigenvalue weighted by molar-refractivity contribution is -0.142. The maximum Gasteiger partial charge on any atom is 0.326 e. The van der Waals surface area contributed by atoms with Gasteiger partial charge in [-0.3, -0.25) is 9.59 Å². The average molecular weight is 357 g/mol. The third kappa shape index (κ3) is 4.85. The molecule has 1 atom stereocenters. The Balaban J connectivity index is 2.15. The van der Waals surface area contributed by atoms with Crippen LogP contribution in [0.2, 0.25) is 0 Å². The standard InChI is InChI=1S/C18H19N3O5/c1-26-16(23)5-2-4-15(18(24)25)21(12-22)14-8-6-13(7-9-14)17-19-10-3-11-20-17/h3,6-12,15H,2,4-5H2,1H3,(H,24,25)/t15-/m0/s1. The molecule has 0 saturated carbocycles. The van der Waals surface area contributed by atoms with E-state index in [2.05, 4.69) is 14.7 Å². The van der Waals surface area contributed by atoms with Crippen molar-refractivity contribution >= 4 is 24.0 Å². The minimum atomic E-state index is -1.14. The van der Waals surface area contributed by atoms with Crippen molar-refractivity contribution in [3.63, 3.8) is 0 Å². The second kappa shape index (κ2) is 9.26. The summed E-state index contributed by atoms with van der Waals surface area (Å²) in [4.78, 5) is 43.7. The van der Waals surface area contributed by atoms with E-state index < -0.39 is 18.0 Å². The number of nitrogens with zero attached hydrogens (tertiary/aromatic N) is 3. The topological polar surface area (TPSA) is 110 Å². The van der Waals surface area contributed by atoms with Gasteiger partial charge in [-0.2, -0.15) is 0 Å². The van der Waals surface area contributed by atoms with E-state index in [0.717, 1.165) is 10.5 Å². The van der Waals surface area contributed by atoms with Crippen molar-refractivity contribution in [2.45, 2.75) is 25.3 Å². The Morgan fingerprint density at radius 1 is 1.23 bits per heavy atom. The number of rotatable bonds is 9. The molecule has 0 saturated heterocycles. The highest BCUT2D eigenvalue weighted by Gasteiger charge is 2.26. The van der Waals surface area contributed by atoms with E-state index in [1.54, 1.807) is 42.7 Å². The molecule has 0 spiro atoms. The number of carboxylic acid groups (broad SMARTS) is 1. The van der Waals surface area contributed by atoms with Crippen molar-refractivity contribution in [2.24, 2.45) is 0 Å². The first-order valence-electron chi connectivity index (χ1n) is 7.97. The number of carbonyl (C=O) groups excluding carboxylic acids is 2. The van der Waals surface area contributed by atoms with E-state index in [1.165, 1.54) is 7.11 Å². The summed E-state index contributed by atoms with van der Waals surface area (Å²) in [5.41, 5.74) is 1.18. The third-order valence-electron chi connectivity index (χ3n) is 3.81. The summed E-state index contributed by atoms with van der Waals surface area (Å²) in [6, 6.07) is 7.34. The first kappa shape index (κ1) is 19.0. The Labute approximate surface area is 150 Å². The number of anilines is 1. The molecule has 0 unspecified atom stereocenters. The van der Waals surface area contributed by atoms with Crippen molar-refractivity contribution in [3.8, 4) is 11.4 Å². The fourth-order valence-corrected chi connectivity index (χ4v) is 2.47. The Hall–Kier alpha value is -3.29. The monoisotopic (exact) mass is 357 g/mol. The lowest BCUT2D eigenvalue weighted by atomic mass is 10.1. The fourth-order valence-electron chi connectivity index (χ4n) is 2.47. The SMILES string of the molecule is COC(=O)CCC[C@@H](C(=O)O)N(C=O)c1ccc(-c2ncccn2)cc1. The first-order chi connectivity index (χ1) is 12.6. The number of carbonyl (C=O) groups is 3. The number of methoxy groups -OCH3 is 1. The molecule has 2 rings (SSSR count). The van der Waals surface area contributed by atoms with Crippen LogP contribution in [0.5, 0.6) is 0 Å². The molecule has 0 radical (unpaired) electrons. The predicted molar refractivity (Wildman–Crippen MR) is 93.3 cm³/mol. The maximum absolute atomic E-state index is 11.6. The number of carboxylic acids is 1. The number of esters is 1. The van der Waals surface area contributed by atoms with Crippen molar-refractivity contribution in [2.75, 3.05) is 12.0 Å². The van der Waals surface area contributed by atoms with Crippen LogP contribution in [0.25, 0.3) is 11.4 Å². The molecule has 1 aromatic heterocycles. The van der Waals surface area contributed by atoms with Crippen LogP contribution in [0.15, 0.2) is 42.7 Å². The zero-order valence-corrected chi connectivity index (χ0v) is 14.2. The van der Waals surface area contributed by atoms with E-state index in [0.29, 0.717) is 24.3 Å². The Morgan fingerprint density at radius 2 is 1.88 bits per heavy atom. The Kier molecular flexibility index (Phi) is 6.78. The zero-order chi connectivity index (χ0) is 18.9. The number of aromatic nitrogens is 2. The number of hydrogen-bond donors (Lipinski definition) is 1. The lowest BCUT2D eigenvalue weighted by Crippen LogP contribution is -2.40. The van der Waals surface area contributed by atoms with Gasteiger partial charge in [0.1, 0.15) is 6.04 Å². The van der Waals surface area contributed by atoms with E-state index in [1.807, 2.05) is 0 Å².